The molecule has 1 aromatic heterocycles. The lowest BCUT2D eigenvalue weighted by Gasteiger charge is -1.99. The van der Waals surface area contributed by atoms with Gasteiger partial charge in [-0.05, 0) is 11.6 Å². The summed E-state index contributed by atoms with van der Waals surface area (Å²) in [7, 11) is 0. The number of benzene rings is 1. The van der Waals surface area contributed by atoms with Crippen molar-refractivity contribution in [2.45, 2.75) is 26.2 Å². The number of H-pyrrole nitrogens is 1. The van der Waals surface area contributed by atoms with Crippen LogP contribution in [0, 0.1) is 5.82 Å². The molecular weight excluding hydrogens is 205 g/mol. The largest absolute Gasteiger partial charge is 0.263 e. The molecule has 0 aliphatic carbocycles. The second-order valence-electron chi connectivity index (χ2n) is 4.06. The van der Waals surface area contributed by atoms with Crippen LogP contribution in [0.3, 0.4) is 0 Å². The van der Waals surface area contributed by atoms with Crippen LogP contribution in [0.4, 0.5) is 4.39 Å². The number of nitrogens with one attached hydrogen (secondary N) is 1. The molecule has 84 valence electrons. The Kier molecular flexibility index (Phi) is 2.99. The minimum atomic E-state index is -0.204. The number of halogens is 1. The molecule has 0 aliphatic heterocycles. The van der Waals surface area contributed by atoms with Gasteiger partial charge in [0.15, 0.2) is 5.82 Å². The van der Waals surface area contributed by atoms with E-state index in [1.54, 1.807) is 12.1 Å². The van der Waals surface area contributed by atoms with E-state index in [9.17, 15) is 4.39 Å². The monoisotopic (exact) mass is 219 g/mol. The predicted octanol–water partition coefficient (Wildman–Crippen LogP) is 2.66. The van der Waals surface area contributed by atoms with E-state index in [0.29, 0.717) is 17.8 Å². The molecule has 16 heavy (non-hydrogen) atoms. The molecule has 0 fully saturated rings. The van der Waals surface area contributed by atoms with Crippen molar-refractivity contribution in [2.24, 2.45) is 0 Å². The van der Waals surface area contributed by atoms with Gasteiger partial charge in [0.05, 0.1) is 0 Å². The number of aromatic nitrogens is 3. The summed E-state index contributed by atoms with van der Waals surface area (Å²) < 4.78 is 13.4. The third-order valence-corrected chi connectivity index (χ3v) is 2.38. The van der Waals surface area contributed by atoms with Gasteiger partial charge in [0, 0.05) is 12.3 Å². The van der Waals surface area contributed by atoms with Crippen LogP contribution in [-0.4, -0.2) is 15.2 Å². The summed E-state index contributed by atoms with van der Waals surface area (Å²) in [5.74, 6) is 1.55. The minimum absolute atomic E-state index is 0.204. The third kappa shape index (κ3) is 2.27. The highest BCUT2D eigenvalue weighted by atomic mass is 19.1. The van der Waals surface area contributed by atoms with Crippen LogP contribution in [0.2, 0.25) is 0 Å². The van der Waals surface area contributed by atoms with Crippen molar-refractivity contribution >= 4 is 0 Å². The Balaban J connectivity index is 2.18. The molecule has 0 radical (unpaired) electrons. The first kappa shape index (κ1) is 10.8. The fourth-order valence-corrected chi connectivity index (χ4v) is 1.47. The zero-order chi connectivity index (χ0) is 11.5. The van der Waals surface area contributed by atoms with E-state index in [-0.39, 0.29) is 11.7 Å². The zero-order valence-electron chi connectivity index (χ0n) is 9.37. The molecule has 1 aromatic carbocycles. The number of hydrogen-bond donors (Lipinski definition) is 1. The van der Waals surface area contributed by atoms with Crippen molar-refractivity contribution in [3.8, 4) is 0 Å². The molecule has 3 nitrogen and oxygen atoms in total. The van der Waals surface area contributed by atoms with Gasteiger partial charge in [0.2, 0.25) is 0 Å². The molecule has 1 heterocycles. The Morgan fingerprint density at radius 2 is 2.06 bits per heavy atom. The topological polar surface area (TPSA) is 41.6 Å². The average Bonchev–Trinajstić information content (AvgIpc) is 2.70. The number of nitrogens with zero attached hydrogens (tertiary/aromatic N) is 2. The second kappa shape index (κ2) is 4.43. The minimum Gasteiger partial charge on any atom is -0.263 e. The normalized spacial score (nSPS) is 11.0. The van der Waals surface area contributed by atoms with E-state index in [1.165, 1.54) is 6.07 Å². The summed E-state index contributed by atoms with van der Waals surface area (Å²) in [6.07, 6.45) is 0.451. The molecule has 0 aliphatic rings. The molecular formula is C12H14FN3. The lowest BCUT2D eigenvalue weighted by molar-refractivity contribution is 0.612. The molecule has 2 aromatic rings. The van der Waals surface area contributed by atoms with Gasteiger partial charge < -0.3 is 0 Å². The van der Waals surface area contributed by atoms with Crippen molar-refractivity contribution in [3.05, 3.63) is 47.3 Å². The molecule has 0 saturated heterocycles. The van der Waals surface area contributed by atoms with E-state index < -0.39 is 0 Å². The van der Waals surface area contributed by atoms with Crippen LogP contribution in [-0.2, 0) is 6.42 Å². The van der Waals surface area contributed by atoms with Gasteiger partial charge in [-0.1, -0.05) is 32.0 Å². The fourth-order valence-electron chi connectivity index (χ4n) is 1.47. The molecule has 1 N–H and O–H groups in total. The van der Waals surface area contributed by atoms with E-state index in [0.717, 1.165) is 5.82 Å². The Morgan fingerprint density at radius 1 is 1.31 bits per heavy atom. The van der Waals surface area contributed by atoms with Gasteiger partial charge in [-0.25, -0.2) is 9.37 Å². The first-order valence-corrected chi connectivity index (χ1v) is 5.31. The van der Waals surface area contributed by atoms with Gasteiger partial charge in [-0.15, -0.1) is 0 Å². The zero-order valence-corrected chi connectivity index (χ0v) is 9.37. The van der Waals surface area contributed by atoms with Crippen LogP contribution in [0.5, 0.6) is 0 Å². The summed E-state index contributed by atoms with van der Waals surface area (Å²) in [5.41, 5.74) is 0.633. The van der Waals surface area contributed by atoms with E-state index >= 15 is 0 Å². The van der Waals surface area contributed by atoms with E-state index in [4.69, 9.17) is 0 Å². The van der Waals surface area contributed by atoms with Crippen LogP contribution < -0.4 is 0 Å². The molecule has 0 amide bonds. The second-order valence-corrected chi connectivity index (χ2v) is 4.06. The lowest BCUT2D eigenvalue weighted by Crippen LogP contribution is -1.95. The molecule has 4 heteroatoms. The quantitative estimate of drug-likeness (QED) is 0.862. The number of hydrogen-bond acceptors (Lipinski definition) is 2. The summed E-state index contributed by atoms with van der Waals surface area (Å²) in [4.78, 5) is 4.31. The highest BCUT2D eigenvalue weighted by Gasteiger charge is 2.09. The lowest BCUT2D eigenvalue weighted by atomic mass is 10.1. The molecule has 0 saturated carbocycles. The molecule has 0 atom stereocenters. The van der Waals surface area contributed by atoms with Crippen molar-refractivity contribution in [3.63, 3.8) is 0 Å². The maximum absolute atomic E-state index is 13.4. The Morgan fingerprint density at radius 3 is 2.69 bits per heavy atom. The van der Waals surface area contributed by atoms with Crippen molar-refractivity contribution < 1.29 is 4.39 Å². The number of rotatable bonds is 3. The van der Waals surface area contributed by atoms with Gasteiger partial charge in [0.1, 0.15) is 11.6 Å². The summed E-state index contributed by atoms with van der Waals surface area (Å²) in [6.45, 7) is 4.05. The van der Waals surface area contributed by atoms with E-state index in [2.05, 4.69) is 15.2 Å². The van der Waals surface area contributed by atoms with E-state index in [1.807, 2.05) is 19.9 Å². The summed E-state index contributed by atoms with van der Waals surface area (Å²) >= 11 is 0. The smallest absolute Gasteiger partial charge is 0.153 e. The summed E-state index contributed by atoms with van der Waals surface area (Å²) in [6, 6.07) is 6.71. The van der Waals surface area contributed by atoms with Gasteiger partial charge in [0.25, 0.3) is 0 Å². The first-order chi connectivity index (χ1) is 7.66. The average molecular weight is 219 g/mol. The first-order valence-electron chi connectivity index (χ1n) is 5.31. The SMILES string of the molecule is CC(C)c1n[nH]c(Cc2ccccc2F)n1. The van der Waals surface area contributed by atoms with Crippen molar-refractivity contribution in [1.82, 2.24) is 15.2 Å². The molecule has 0 spiro atoms. The summed E-state index contributed by atoms with van der Waals surface area (Å²) in [5, 5.41) is 6.92. The fraction of sp³-hybridized carbons (Fsp3) is 0.333. The third-order valence-electron chi connectivity index (χ3n) is 2.38. The molecule has 0 unspecified atom stereocenters. The predicted molar refractivity (Wildman–Crippen MR) is 59.7 cm³/mol. The van der Waals surface area contributed by atoms with Crippen LogP contribution in [0.15, 0.2) is 24.3 Å². The Hall–Kier alpha value is -1.71. The standard InChI is InChI=1S/C12H14FN3/c1-8(2)12-14-11(15-16-12)7-9-5-3-4-6-10(9)13/h3-6,8H,7H2,1-2H3,(H,14,15,16). The Labute approximate surface area is 93.7 Å². The maximum Gasteiger partial charge on any atom is 0.153 e. The molecule has 0 bridgehead atoms. The van der Waals surface area contributed by atoms with Gasteiger partial charge in [-0.3, -0.25) is 5.10 Å². The van der Waals surface area contributed by atoms with Crippen molar-refractivity contribution in [1.29, 1.82) is 0 Å². The Bertz CT molecular complexity index is 477. The van der Waals surface area contributed by atoms with Crippen molar-refractivity contribution in [2.75, 3.05) is 0 Å². The number of aromatic amines is 1. The van der Waals surface area contributed by atoms with Gasteiger partial charge in [-0.2, -0.15) is 5.10 Å². The van der Waals surface area contributed by atoms with Crippen LogP contribution in [0.25, 0.3) is 0 Å². The highest BCUT2D eigenvalue weighted by molar-refractivity contribution is 5.20. The van der Waals surface area contributed by atoms with Crippen LogP contribution >= 0.6 is 0 Å². The van der Waals surface area contributed by atoms with Gasteiger partial charge >= 0.3 is 0 Å². The molecule has 2 rings (SSSR count). The highest BCUT2D eigenvalue weighted by Crippen LogP contribution is 2.12. The van der Waals surface area contributed by atoms with Crippen LogP contribution in [0.1, 0.15) is 37.0 Å². The maximum atomic E-state index is 13.4.